The summed E-state index contributed by atoms with van der Waals surface area (Å²) in [6.07, 6.45) is 0. The summed E-state index contributed by atoms with van der Waals surface area (Å²) in [4.78, 5) is 10.7. The zero-order chi connectivity index (χ0) is 11.5. The first-order valence-electron chi connectivity index (χ1n) is 4.90. The van der Waals surface area contributed by atoms with Crippen molar-refractivity contribution in [3.63, 3.8) is 0 Å². The van der Waals surface area contributed by atoms with Crippen molar-refractivity contribution in [2.45, 2.75) is 13.5 Å². The highest BCUT2D eigenvalue weighted by Crippen LogP contribution is 2.23. The maximum Gasteiger partial charge on any atom is 0.186 e. The van der Waals surface area contributed by atoms with Gasteiger partial charge in [0.1, 0.15) is 5.15 Å². The molecule has 0 aliphatic heterocycles. The lowest BCUT2D eigenvalue weighted by Crippen LogP contribution is -2.17. The first-order chi connectivity index (χ1) is 7.65. The van der Waals surface area contributed by atoms with E-state index in [1.807, 2.05) is 42.5 Å². The highest BCUT2D eigenvalue weighted by molar-refractivity contribution is 7.14. The van der Waals surface area contributed by atoms with Gasteiger partial charge >= 0.3 is 0 Å². The average Bonchev–Trinajstić information content (AvgIpc) is 2.65. The van der Waals surface area contributed by atoms with E-state index < -0.39 is 0 Å². The number of nitrogens with zero attached hydrogens (tertiary/aromatic N) is 3. The molecular weight excluding hydrogens is 242 g/mol. The van der Waals surface area contributed by atoms with Gasteiger partial charge in [0, 0.05) is 18.1 Å². The van der Waals surface area contributed by atoms with Crippen LogP contribution in [0.4, 0.5) is 5.13 Å². The van der Waals surface area contributed by atoms with Crippen LogP contribution in [0.15, 0.2) is 23.6 Å². The fourth-order valence-corrected chi connectivity index (χ4v) is 2.33. The predicted molar refractivity (Wildman–Crippen MR) is 68.2 cm³/mol. The van der Waals surface area contributed by atoms with Gasteiger partial charge in [-0.05, 0) is 19.1 Å². The summed E-state index contributed by atoms with van der Waals surface area (Å²) >= 11 is 7.33. The molecule has 2 rings (SSSR count). The smallest absolute Gasteiger partial charge is 0.186 e. The lowest BCUT2D eigenvalue weighted by molar-refractivity contribution is 0.871. The molecule has 0 radical (unpaired) electrons. The van der Waals surface area contributed by atoms with E-state index in [0.29, 0.717) is 5.15 Å². The molecule has 0 bridgehead atoms. The summed E-state index contributed by atoms with van der Waals surface area (Å²) in [5, 5.41) is 3.29. The van der Waals surface area contributed by atoms with Crippen LogP contribution in [0, 0.1) is 6.92 Å². The van der Waals surface area contributed by atoms with Crippen LogP contribution in [0.2, 0.25) is 5.15 Å². The van der Waals surface area contributed by atoms with E-state index in [4.69, 9.17) is 11.6 Å². The molecule has 0 amide bonds. The Labute approximate surface area is 104 Å². The molecule has 5 heteroatoms. The third-order valence-electron chi connectivity index (χ3n) is 2.14. The third kappa shape index (κ3) is 2.71. The minimum Gasteiger partial charge on any atom is -0.345 e. The number of halogens is 1. The van der Waals surface area contributed by atoms with E-state index in [2.05, 4.69) is 9.97 Å². The monoisotopic (exact) mass is 253 g/mol. The lowest BCUT2D eigenvalue weighted by atomic mass is 10.3. The predicted octanol–water partition coefficient (Wildman–Crippen LogP) is 3.14. The fourth-order valence-electron chi connectivity index (χ4n) is 1.42. The van der Waals surface area contributed by atoms with Gasteiger partial charge in [0.15, 0.2) is 5.13 Å². The maximum absolute atomic E-state index is 5.79. The minimum atomic E-state index is 0.545. The van der Waals surface area contributed by atoms with Gasteiger partial charge < -0.3 is 4.90 Å². The summed E-state index contributed by atoms with van der Waals surface area (Å²) in [5.74, 6) is 0. The van der Waals surface area contributed by atoms with E-state index in [0.717, 1.165) is 23.1 Å². The number of aromatic nitrogens is 2. The van der Waals surface area contributed by atoms with E-state index in [9.17, 15) is 0 Å². The van der Waals surface area contributed by atoms with Crippen LogP contribution in [0.1, 0.15) is 11.4 Å². The van der Waals surface area contributed by atoms with Crippen molar-refractivity contribution >= 4 is 28.1 Å². The Kier molecular flexibility index (Phi) is 3.41. The number of aryl methyl sites for hydroxylation is 1. The molecule has 16 heavy (non-hydrogen) atoms. The Morgan fingerprint density at radius 3 is 2.81 bits per heavy atom. The molecule has 0 unspecified atom stereocenters. The van der Waals surface area contributed by atoms with E-state index in [-0.39, 0.29) is 0 Å². The molecule has 2 aromatic heterocycles. The largest absolute Gasteiger partial charge is 0.345 e. The van der Waals surface area contributed by atoms with E-state index in [1.54, 1.807) is 0 Å². The van der Waals surface area contributed by atoms with E-state index in [1.165, 1.54) is 11.3 Å². The van der Waals surface area contributed by atoms with Gasteiger partial charge in [-0.15, -0.1) is 11.3 Å². The number of hydrogen-bond donors (Lipinski definition) is 0. The standard InChI is InChI=1S/C11H12ClN3S/c1-8-4-3-5-9(13-8)6-15(2)11-14-10(12)7-16-11/h3-5,7H,6H2,1-2H3. The van der Waals surface area contributed by atoms with Crippen molar-refractivity contribution in [1.82, 2.24) is 9.97 Å². The molecule has 3 nitrogen and oxygen atoms in total. The second-order valence-corrected chi connectivity index (χ2v) is 4.80. The van der Waals surface area contributed by atoms with Crippen LogP contribution in [0.3, 0.4) is 0 Å². The van der Waals surface area contributed by atoms with Crippen molar-refractivity contribution in [3.05, 3.63) is 40.1 Å². The van der Waals surface area contributed by atoms with Crippen molar-refractivity contribution in [1.29, 1.82) is 0 Å². The van der Waals surface area contributed by atoms with Gasteiger partial charge in [0.05, 0.1) is 12.2 Å². The second-order valence-electron chi connectivity index (χ2n) is 3.58. The van der Waals surface area contributed by atoms with Gasteiger partial charge in [0.2, 0.25) is 0 Å². The van der Waals surface area contributed by atoms with Crippen LogP contribution in [0.25, 0.3) is 0 Å². The Hall–Kier alpha value is -1.13. The molecule has 0 aliphatic rings. The first kappa shape index (κ1) is 11.4. The van der Waals surface area contributed by atoms with Gasteiger partial charge in [-0.3, -0.25) is 4.98 Å². The topological polar surface area (TPSA) is 29.0 Å². The Morgan fingerprint density at radius 2 is 2.19 bits per heavy atom. The summed E-state index contributed by atoms with van der Waals surface area (Å²) in [5.41, 5.74) is 2.07. The number of rotatable bonds is 3. The third-order valence-corrected chi connectivity index (χ3v) is 3.41. The molecule has 2 heterocycles. The molecule has 0 aromatic carbocycles. The summed E-state index contributed by atoms with van der Waals surface area (Å²) < 4.78 is 0. The Bertz CT molecular complexity index is 484. The summed E-state index contributed by atoms with van der Waals surface area (Å²) in [6.45, 7) is 2.73. The Morgan fingerprint density at radius 1 is 1.38 bits per heavy atom. The highest BCUT2D eigenvalue weighted by Gasteiger charge is 2.07. The fraction of sp³-hybridized carbons (Fsp3) is 0.273. The van der Waals surface area contributed by atoms with Crippen molar-refractivity contribution < 1.29 is 0 Å². The van der Waals surface area contributed by atoms with Crippen molar-refractivity contribution in [3.8, 4) is 0 Å². The minimum absolute atomic E-state index is 0.545. The van der Waals surface area contributed by atoms with Crippen LogP contribution in [-0.4, -0.2) is 17.0 Å². The number of hydrogen-bond acceptors (Lipinski definition) is 4. The average molecular weight is 254 g/mol. The van der Waals surface area contributed by atoms with Gasteiger partial charge in [-0.2, -0.15) is 0 Å². The second kappa shape index (κ2) is 4.80. The van der Waals surface area contributed by atoms with E-state index >= 15 is 0 Å². The molecule has 0 saturated carbocycles. The SMILES string of the molecule is Cc1cccc(CN(C)c2nc(Cl)cs2)n1. The number of thiazole rings is 1. The van der Waals surface area contributed by atoms with Crippen LogP contribution >= 0.6 is 22.9 Å². The zero-order valence-electron chi connectivity index (χ0n) is 9.14. The van der Waals surface area contributed by atoms with Gasteiger partial charge in [-0.1, -0.05) is 17.7 Å². The molecule has 0 N–H and O–H groups in total. The molecule has 0 saturated heterocycles. The van der Waals surface area contributed by atoms with Gasteiger partial charge in [0.25, 0.3) is 0 Å². The molecule has 84 valence electrons. The summed E-state index contributed by atoms with van der Waals surface area (Å²) in [6, 6.07) is 6.02. The van der Waals surface area contributed by atoms with Gasteiger partial charge in [-0.25, -0.2) is 4.98 Å². The van der Waals surface area contributed by atoms with Crippen LogP contribution in [-0.2, 0) is 6.54 Å². The Balaban J connectivity index is 2.10. The summed E-state index contributed by atoms with van der Waals surface area (Å²) in [7, 11) is 1.99. The zero-order valence-corrected chi connectivity index (χ0v) is 10.7. The molecule has 0 spiro atoms. The quantitative estimate of drug-likeness (QED) is 0.842. The lowest BCUT2D eigenvalue weighted by Gasteiger charge is -2.14. The van der Waals surface area contributed by atoms with Crippen LogP contribution < -0.4 is 4.90 Å². The number of anilines is 1. The molecule has 0 atom stereocenters. The first-order valence-corrected chi connectivity index (χ1v) is 6.15. The highest BCUT2D eigenvalue weighted by atomic mass is 35.5. The maximum atomic E-state index is 5.79. The molecular formula is C11H12ClN3S. The number of pyridine rings is 1. The molecule has 0 aliphatic carbocycles. The molecule has 2 aromatic rings. The van der Waals surface area contributed by atoms with Crippen molar-refractivity contribution in [2.24, 2.45) is 0 Å². The van der Waals surface area contributed by atoms with Crippen molar-refractivity contribution in [2.75, 3.05) is 11.9 Å². The molecule has 0 fully saturated rings. The normalized spacial score (nSPS) is 10.4. The van der Waals surface area contributed by atoms with Crippen LogP contribution in [0.5, 0.6) is 0 Å².